The van der Waals surface area contributed by atoms with E-state index in [9.17, 15) is 4.79 Å². The third-order valence-corrected chi connectivity index (χ3v) is 3.63. The minimum Gasteiger partial charge on any atom is -0.303 e. The number of aryl methyl sites for hydroxylation is 1. The monoisotopic (exact) mass is 264 g/mol. The van der Waals surface area contributed by atoms with Gasteiger partial charge in [0.15, 0.2) is 0 Å². The van der Waals surface area contributed by atoms with Gasteiger partial charge in [-0.2, -0.15) is 0 Å². The molecule has 0 N–H and O–H groups in total. The average molecular weight is 264 g/mol. The van der Waals surface area contributed by atoms with E-state index in [2.05, 4.69) is 28.6 Å². The molecule has 0 radical (unpaired) electrons. The van der Waals surface area contributed by atoms with Crippen molar-refractivity contribution < 1.29 is 4.79 Å². The summed E-state index contributed by atoms with van der Waals surface area (Å²) in [6.07, 6.45) is 4.04. The molecule has 0 saturated carbocycles. The summed E-state index contributed by atoms with van der Waals surface area (Å²) in [6.45, 7) is 2.11. The summed E-state index contributed by atoms with van der Waals surface area (Å²) in [5.41, 5.74) is 3.54. The third-order valence-electron chi connectivity index (χ3n) is 3.63. The minimum atomic E-state index is 0.532. The summed E-state index contributed by atoms with van der Waals surface area (Å²) >= 11 is 0. The van der Waals surface area contributed by atoms with Crippen LogP contribution in [0.1, 0.15) is 17.7 Å². The predicted molar refractivity (Wildman–Crippen MR) is 80.2 cm³/mol. The van der Waals surface area contributed by atoms with Crippen LogP contribution in [0.25, 0.3) is 16.7 Å². The number of hydrogen-bond acceptors (Lipinski definition) is 2. The molecule has 0 spiro atoms. The number of pyridine rings is 1. The van der Waals surface area contributed by atoms with Crippen LogP contribution in [0.2, 0.25) is 0 Å². The number of aldehydes is 1. The van der Waals surface area contributed by atoms with E-state index in [0.717, 1.165) is 29.7 Å². The standard InChI is InChI=1S/C17H16N2O/c1-13-14-7-2-3-8-16(14)19(15(13)9-6-12-20)17-10-4-5-11-18-17/h2-5,7-8,10-12H,6,9H2,1H3. The lowest BCUT2D eigenvalue weighted by molar-refractivity contribution is -0.107. The van der Waals surface area contributed by atoms with Crippen molar-refractivity contribution in [2.75, 3.05) is 0 Å². The number of fused-ring (bicyclic) bond motifs is 1. The Labute approximate surface area is 117 Å². The molecule has 100 valence electrons. The Hall–Kier alpha value is -2.42. The first-order valence-corrected chi connectivity index (χ1v) is 6.77. The lowest BCUT2D eigenvalue weighted by Crippen LogP contribution is -2.03. The summed E-state index contributed by atoms with van der Waals surface area (Å²) in [7, 11) is 0. The molecule has 1 aromatic carbocycles. The largest absolute Gasteiger partial charge is 0.303 e. The molecule has 0 aliphatic rings. The van der Waals surface area contributed by atoms with Gasteiger partial charge >= 0.3 is 0 Å². The number of nitrogens with zero attached hydrogens (tertiary/aromatic N) is 2. The van der Waals surface area contributed by atoms with Crippen LogP contribution in [-0.4, -0.2) is 15.8 Å². The Morgan fingerprint density at radius 3 is 2.70 bits per heavy atom. The highest BCUT2D eigenvalue weighted by atomic mass is 16.1. The molecule has 0 fully saturated rings. The summed E-state index contributed by atoms with van der Waals surface area (Å²) in [4.78, 5) is 15.2. The SMILES string of the molecule is Cc1c(CCC=O)n(-c2ccccn2)c2ccccc12. The van der Waals surface area contributed by atoms with Gasteiger partial charge in [0.05, 0.1) is 5.52 Å². The van der Waals surface area contributed by atoms with Crippen molar-refractivity contribution in [1.29, 1.82) is 0 Å². The van der Waals surface area contributed by atoms with Crippen LogP contribution in [0.4, 0.5) is 0 Å². The number of rotatable bonds is 4. The molecule has 0 aliphatic carbocycles. The fourth-order valence-corrected chi connectivity index (χ4v) is 2.70. The molecule has 20 heavy (non-hydrogen) atoms. The van der Waals surface area contributed by atoms with E-state index in [1.54, 1.807) is 6.20 Å². The van der Waals surface area contributed by atoms with Crippen LogP contribution < -0.4 is 0 Å². The second-order valence-electron chi connectivity index (χ2n) is 4.82. The number of hydrogen-bond donors (Lipinski definition) is 0. The topological polar surface area (TPSA) is 34.9 Å². The number of carbonyl (C=O) groups excluding carboxylic acids is 1. The summed E-state index contributed by atoms with van der Waals surface area (Å²) in [5.74, 6) is 0.901. The molecule has 3 nitrogen and oxygen atoms in total. The molecule has 0 unspecified atom stereocenters. The Morgan fingerprint density at radius 1 is 1.15 bits per heavy atom. The average Bonchev–Trinajstić information content (AvgIpc) is 2.79. The van der Waals surface area contributed by atoms with Gasteiger partial charge in [-0.25, -0.2) is 4.98 Å². The van der Waals surface area contributed by atoms with Crippen molar-refractivity contribution >= 4 is 17.2 Å². The van der Waals surface area contributed by atoms with Crippen LogP contribution in [0.3, 0.4) is 0 Å². The van der Waals surface area contributed by atoms with E-state index in [0.29, 0.717) is 6.42 Å². The van der Waals surface area contributed by atoms with Crippen molar-refractivity contribution in [3.05, 3.63) is 59.9 Å². The fraction of sp³-hybridized carbons (Fsp3) is 0.176. The van der Waals surface area contributed by atoms with Crippen LogP contribution in [0, 0.1) is 6.92 Å². The predicted octanol–water partition coefficient (Wildman–Crippen LogP) is 3.47. The van der Waals surface area contributed by atoms with Crippen LogP contribution in [0.15, 0.2) is 48.7 Å². The van der Waals surface area contributed by atoms with Gasteiger partial charge in [-0.15, -0.1) is 0 Å². The van der Waals surface area contributed by atoms with Gasteiger partial charge in [0.1, 0.15) is 12.1 Å². The van der Waals surface area contributed by atoms with Gasteiger partial charge in [0.2, 0.25) is 0 Å². The van der Waals surface area contributed by atoms with Crippen molar-refractivity contribution in [1.82, 2.24) is 9.55 Å². The maximum absolute atomic E-state index is 10.7. The van der Waals surface area contributed by atoms with E-state index in [1.165, 1.54) is 10.9 Å². The molecular weight excluding hydrogens is 248 g/mol. The maximum atomic E-state index is 10.7. The molecule has 0 atom stereocenters. The van der Waals surface area contributed by atoms with Crippen molar-refractivity contribution in [2.24, 2.45) is 0 Å². The van der Waals surface area contributed by atoms with Gasteiger partial charge in [0, 0.05) is 23.7 Å². The van der Waals surface area contributed by atoms with E-state index in [1.807, 2.05) is 30.3 Å². The second-order valence-corrected chi connectivity index (χ2v) is 4.82. The fourth-order valence-electron chi connectivity index (χ4n) is 2.70. The maximum Gasteiger partial charge on any atom is 0.137 e. The first kappa shape index (κ1) is 12.6. The first-order valence-electron chi connectivity index (χ1n) is 6.77. The van der Waals surface area contributed by atoms with Crippen molar-refractivity contribution in [2.45, 2.75) is 19.8 Å². The third kappa shape index (κ3) is 2.01. The van der Waals surface area contributed by atoms with Crippen molar-refractivity contribution in [3.63, 3.8) is 0 Å². The van der Waals surface area contributed by atoms with Crippen LogP contribution in [-0.2, 0) is 11.2 Å². The van der Waals surface area contributed by atoms with Gasteiger partial charge in [-0.1, -0.05) is 24.3 Å². The first-order chi connectivity index (χ1) is 9.83. The Balaban J connectivity index is 2.29. The normalized spacial score (nSPS) is 10.8. The highest BCUT2D eigenvalue weighted by Crippen LogP contribution is 2.28. The zero-order valence-corrected chi connectivity index (χ0v) is 11.4. The van der Waals surface area contributed by atoms with E-state index in [4.69, 9.17) is 0 Å². The van der Waals surface area contributed by atoms with E-state index in [-0.39, 0.29) is 0 Å². The molecule has 2 heterocycles. The lowest BCUT2D eigenvalue weighted by Gasteiger charge is -2.09. The number of para-hydroxylation sites is 1. The molecule has 0 saturated heterocycles. The van der Waals surface area contributed by atoms with E-state index < -0.39 is 0 Å². The quantitative estimate of drug-likeness (QED) is 0.676. The lowest BCUT2D eigenvalue weighted by atomic mass is 10.1. The summed E-state index contributed by atoms with van der Waals surface area (Å²) < 4.78 is 2.16. The highest BCUT2D eigenvalue weighted by Gasteiger charge is 2.15. The van der Waals surface area contributed by atoms with Gasteiger partial charge < -0.3 is 4.79 Å². The summed E-state index contributed by atoms with van der Waals surface area (Å²) in [6, 6.07) is 14.2. The molecule has 0 amide bonds. The Morgan fingerprint density at radius 2 is 1.95 bits per heavy atom. The zero-order valence-electron chi connectivity index (χ0n) is 11.4. The molecular formula is C17H16N2O. The number of carbonyl (C=O) groups is 1. The second kappa shape index (κ2) is 5.29. The minimum absolute atomic E-state index is 0.532. The molecule has 0 bridgehead atoms. The van der Waals surface area contributed by atoms with Crippen LogP contribution >= 0.6 is 0 Å². The molecule has 2 aromatic heterocycles. The molecule has 0 aliphatic heterocycles. The van der Waals surface area contributed by atoms with Gasteiger partial charge in [-0.3, -0.25) is 4.57 Å². The molecule has 3 heteroatoms. The zero-order chi connectivity index (χ0) is 13.9. The van der Waals surface area contributed by atoms with Crippen LogP contribution in [0.5, 0.6) is 0 Å². The van der Waals surface area contributed by atoms with Crippen molar-refractivity contribution in [3.8, 4) is 5.82 Å². The molecule has 3 rings (SSSR count). The highest BCUT2D eigenvalue weighted by molar-refractivity contribution is 5.86. The van der Waals surface area contributed by atoms with E-state index >= 15 is 0 Å². The van der Waals surface area contributed by atoms with Gasteiger partial charge in [0.25, 0.3) is 0 Å². The Kier molecular flexibility index (Phi) is 3.33. The smallest absolute Gasteiger partial charge is 0.137 e. The Bertz CT molecular complexity index is 744. The number of benzene rings is 1. The van der Waals surface area contributed by atoms with Gasteiger partial charge in [-0.05, 0) is 37.1 Å². The molecule has 3 aromatic rings. The summed E-state index contributed by atoms with van der Waals surface area (Å²) in [5, 5.41) is 1.22. The number of aromatic nitrogens is 2.